The van der Waals surface area contributed by atoms with Gasteiger partial charge < -0.3 is 14.4 Å². The summed E-state index contributed by atoms with van der Waals surface area (Å²) in [6.07, 6.45) is 2.10. The van der Waals surface area contributed by atoms with Crippen LogP contribution in [0, 0.1) is 0 Å². The molecule has 23 heavy (non-hydrogen) atoms. The molecule has 0 heterocycles. The number of ether oxygens (including phenoxy) is 2. The van der Waals surface area contributed by atoms with Gasteiger partial charge in [-0.2, -0.15) is 0 Å². The predicted octanol–water partition coefficient (Wildman–Crippen LogP) is 2.09. The molecule has 1 aromatic carbocycles. The number of benzene rings is 1. The van der Waals surface area contributed by atoms with E-state index in [9.17, 15) is 14.4 Å². The summed E-state index contributed by atoms with van der Waals surface area (Å²) in [7, 11) is 2.69. The lowest BCUT2D eigenvalue weighted by Gasteiger charge is -2.20. The van der Waals surface area contributed by atoms with Gasteiger partial charge in [-0.15, -0.1) is 0 Å². The van der Waals surface area contributed by atoms with E-state index < -0.39 is 11.8 Å². The second kappa shape index (κ2) is 8.73. The minimum atomic E-state index is -0.641. The maximum Gasteiger partial charge on any atom is 0.330 e. The number of methoxy groups -OCH3 is 2. The zero-order valence-corrected chi connectivity index (χ0v) is 13.8. The van der Waals surface area contributed by atoms with Crippen LogP contribution in [-0.2, 0) is 9.53 Å². The Labute approximate surface area is 135 Å². The van der Waals surface area contributed by atoms with E-state index in [4.69, 9.17) is 4.74 Å². The van der Waals surface area contributed by atoms with Crippen LogP contribution in [0.2, 0.25) is 0 Å². The van der Waals surface area contributed by atoms with Gasteiger partial charge in [0.25, 0.3) is 5.91 Å². The van der Waals surface area contributed by atoms with E-state index in [1.165, 1.54) is 20.3 Å². The molecule has 0 fully saturated rings. The number of allylic oxidation sites excluding steroid dienone is 1. The maximum atomic E-state index is 12.5. The summed E-state index contributed by atoms with van der Waals surface area (Å²) in [5, 5.41) is 0. The summed E-state index contributed by atoms with van der Waals surface area (Å²) >= 11 is 0. The van der Waals surface area contributed by atoms with Crippen molar-refractivity contribution in [3.05, 3.63) is 41.5 Å². The highest BCUT2D eigenvalue weighted by atomic mass is 16.5. The van der Waals surface area contributed by atoms with Crippen LogP contribution in [0.4, 0.5) is 0 Å². The first-order chi connectivity index (χ1) is 11.0. The smallest absolute Gasteiger partial charge is 0.330 e. The van der Waals surface area contributed by atoms with Crippen LogP contribution in [-0.4, -0.2) is 49.9 Å². The van der Waals surface area contributed by atoms with Gasteiger partial charge in [-0.05, 0) is 38.1 Å². The Kier molecular flexibility index (Phi) is 6.99. The molecule has 0 atom stereocenters. The van der Waals surface area contributed by atoms with Crippen LogP contribution in [0.3, 0.4) is 0 Å². The van der Waals surface area contributed by atoms with E-state index in [2.05, 4.69) is 4.74 Å². The Balaban J connectivity index is 3.27. The van der Waals surface area contributed by atoms with E-state index in [1.807, 2.05) is 13.8 Å². The van der Waals surface area contributed by atoms with Crippen molar-refractivity contribution in [1.29, 1.82) is 0 Å². The molecule has 6 heteroatoms. The molecular formula is C17H21NO5. The Bertz CT molecular complexity index is 617. The zero-order valence-electron chi connectivity index (χ0n) is 13.8. The summed E-state index contributed by atoms with van der Waals surface area (Å²) in [6.45, 7) is 4.80. The molecule has 0 aliphatic carbocycles. The van der Waals surface area contributed by atoms with Crippen molar-refractivity contribution in [2.75, 3.05) is 27.3 Å². The highest BCUT2D eigenvalue weighted by Crippen LogP contribution is 2.20. The number of hydrogen-bond acceptors (Lipinski definition) is 5. The number of carbonyl (C=O) groups is 3. The molecule has 0 aromatic heterocycles. The fourth-order valence-corrected chi connectivity index (χ4v) is 2.02. The van der Waals surface area contributed by atoms with Gasteiger partial charge in [0.15, 0.2) is 5.78 Å². The fraction of sp³-hybridized carbons (Fsp3) is 0.353. The van der Waals surface area contributed by atoms with E-state index in [0.717, 1.165) is 12.2 Å². The van der Waals surface area contributed by atoms with Gasteiger partial charge in [0.1, 0.15) is 5.75 Å². The Hall–Kier alpha value is -2.63. The monoisotopic (exact) mass is 319 g/mol. The van der Waals surface area contributed by atoms with Crippen LogP contribution in [0.15, 0.2) is 30.4 Å². The highest BCUT2D eigenvalue weighted by Gasteiger charge is 2.20. The average Bonchev–Trinajstić information content (AvgIpc) is 2.59. The molecule has 0 spiro atoms. The number of nitrogens with zero attached hydrogens (tertiary/aromatic N) is 1. The van der Waals surface area contributed by atoms with E-state index in [1.54, 1.807) is 17.0 Å². The second-order valence-corrected chi connectivity index (χ2v) is 4.61. The SMILES string of the molecule is CCN(CC)C(=O)c1ccc(OC)cc1C(=O)C=CC(=O)OC. The second-order valence-electron chi connectivity index (χ2n) is 4.61. The molecule has 1 rings (SSSR count). The van der Waals surface area contributed by atoms with Crippen molar-refractivity contribution in [3.8, 4) is 5.75 Å². The van der Waals surface area contributed by atoms with Gasteiger partial charge in [-0.3, -0.25) is 9.59 Å². The summed E-state index contributed by atoms with van der Waals surface area (Å²) in [5.41, 5.74) is 0.454. The Morgan fingerprint density at radius 2 is 1.70 bits per heavy atom. The lowest BCUT2D eigenvalue weighted by Crippen LogP contribution is -2.31. The fourth-order valence-electron chi connectivity index (χ4n) is 2.02. The molecule has 0 unspecified atom stereocenters. The normalized spacial score (nSPS) is 10.4. The van der Waals surface area contributed by atoms with Crippen molar-refractivity contribution in [2.24, 2.45) is 0 Å². The van der Waals surface area contributed by atoms with Crippen LogP contribution in [0.25, 0.3) is 0 Å². The first-order valence-corrected chi connectivity index (χ1v) is 7.26. The van der Waals surface area contributed by atoms with Crippen LogP contribution < -0.4 is 4.74 Å². The Morgan fingerprint density at radius 1 is 1.04 bits per heavy atom. The van der Waals surface area contributed by atoms with Crippen molar-refractivity contribution in [1.82, 2.24) is 4.90 Å². The van der Waals surface area contributed by atoms with Gasteiger partial charge in [0.2, 0.25) is 0 Å². The summed E-state index contributed by atoms with van der Waals surface area (Å²) < 4.78 is 9.56. The van der Waals surface area contributed by atoms with Gasteiger partial charge >= 0.3 is 5.97 Å². The third kappa shape index (κ3) is 4.67. The number of ketones is 1. The standard InChI is InChI=1S/C17H21NO5/c1-5-18(6-2)17(21)13-8-7-12(22-3)11-14(13)15(19)9-10-16(20)23-4/h7-11H,5-6H2,1-4H3. The van der Waals surface area contributed by atoms with Crippen molar-refractivity contribution in [2.45, 2.75) is 13.8 Å². The number of amides is 1. The van der Waals surface area contributed by atoms with Crippen molar-refractivity contribution >= 4 is 17.7 Å². The largest absolute Gasteiger partial charge is 0.497 e. The lowest BCUT2D eigenvalue weighted by atomic mass is 10.0. The summed E-state index contributed by atoms with van der Waals surface area (Å²) in [6, 6.07) is 4.66. The summed E-state index contributed by atoms with van der Waals surface area (Å²) in [4.78, 5) is 37.6. The molecule has 124 valence electrons. The minimum absolute atomic E-state index is 0.182. The maximum absolute atomic E-state index is 12.5. The molecule has 0 saturated carbocycles. The molecule has 0 bridgehead atoms. The number of rotatable bonds is 7. The van der Waals surface area contributed by atoms with Gasteiger partial charge in [-0.1, -0.05) is 0 Å². The quantitative estimate of drug-likeness (QED) is 0.437. The highest BCUT2D eigenvalue weighted by molar-refractivity contribution is 6.14. The van der Waals surface area contributed by atoms with Crippen LogP contribution in [0.5, 0.6) is 5.75 Å². The van der Waals surface area contributed by atoms with Crippen LogP contribution >= 0.6 is 0 Å². The molecule has 0 N–H and O–H groups in total. The third-order valence-electron chi connectivity index (χ3n) is 3.35. The molecule has 1 aromatic rings. The number of esters is 1. The van der Waals surface area contributed by atoms with Gasteiger partial charge in [-0.25, -0.2) is 4.79 Å². The molecule has 0 radical (unpaired) electrons. The average molecular weight is 319 g/mol. The first-order valence-electron chi connectivity index (χ1n) is 7.26. The molecule has 0 saturated heterocycles. The van der Waals surface area contributed by atoms with E-state index in [-0.39, 0.29) is 17.0 Å². The van der Waals surface area contributed by atoms with E-state index >= 15 is 0 Å². The predicted molar refractivity (Wildman–Crippen MR) is 85.7 cm³/mol. The molecule has 0 aliphatic rings. The third-order valence-corrected chi connectivity index (χ3v) is 3.35. The number of carbonyl (C=O) groups excluding carboxylic acids is 3. The van der Waals surface area contributed by atoms with E-state index in [0.29, 0.717) is 18.8 Å². The minimum Gasteiger partial charge on any atom is -0.497 e. The molecular weight excluding hydrogens is 298 g/mol. The van der Waals surface area contributed by atoms with Crippen molar-refractivity contribution < 1.29 is 23.9 Å². The molecule has 1 amide bonds. The molecule has 0 aliphatic heterocycles. The topological polar surface area (TPSA) is 72.9 Å². The zero-order chi connectivity index (χ0) is 17.4. The van der Waals surface area contributed by atoms with Gasteiger partial charge in [0, 0.05) is 24.7 Å². The first kappa shape index (κ1) is 18.4. The lowest BCUT2D eigenvalue weighted by molar-refractivity contribution is -0.134. The van der Waals surface area contributed by atoms with Gasteiger partial charge in [0.05, 0.1) is 19.8 Å². The Morgan fingerprint density at radius 3 is 2.22 bits per heavy atom. The van der Waals surface area contributed by atoms with Crippen molar-refractivity contribution in [3.63, 3.8) is 0 Å². The number of hydrogen-bond donors (Lipinski definition) is 0. The molecule has 6 nitrogen and oxygen atoms in total. The van der Waals surface area contributed by atoms with Crippen LogP contribution in [0.1, 0.15) is 34.6 Å². The summed E-state index contributed by atoms with van der Waals surface area (Å²) in [5.74, 6) is -0.897.